The fourth-order valence-electron chi connectivity index (χ4n) is 3.58. The predicted molar refractivity (Wildman–Crippen MR) is 93.6 cm³/mol. The highest BCUT2D eigenvalue weighted by Gasteiger charge is 2.14. The van der Waals surface area contributed by atoms with Gasteiger partial charge in [0, 0.05) is 12.0 Å². The molecule has 0 radical (unpaired) electrons. The third-order valence-corrected chi connectivity index (χ3v) is 4.84. The minimum absolute atomic E-state index is 0.331. The van der Waals surface area contributed by atoms with Crippen LogP contribution in [0, 0.1) is 5.92 Å². The summed E-state index contributed by atoms with van der Waals surface area (Å²) in [5.74, 6) is 1.06. The molecule has 2 rings (SSSR count). The van der Waals surface area contributed by atoms with Crippen molar-refractivity contribution in [1.29, 1.82) is 0 Å². The molecule has 22 heavy (non-hydrogen) atoms. The molecule has 1 aromatic rings. The molecule has 0 spiro atoms. The first-order chi connectivity index (χ1) is 10.7. The standard InChI is InChI=1S/C20H31NO/c1-3-5-16(6-4-2)7-10-20(22)19-9-8-17-11-13-21-14-12-18(17)15-19/h8-9,15-16,21H,3-7,10-14H2,1-2H3. The first kappa shape index (κ1) is 17.2. The summed E-state index contributed by atoms with van der Waals surface area (Å²) in [5.41, 5.74) is 3.71. The van der Waals surface area contributed by atoms with Crippen LogP contribution < -0.4 is 5.32 Å². The van der Waals surface area contributed by atoms with Crippen LogP contribution in [0.15, 0.2) is 18.2 Å². The molecule has 0 saturated heterocycles. The number of rotatable bonds is 8. The molecule has 1 N–H and O–H groups in total. The minimum Gasteiger partial charge on any atom is -0.316 e. The molecule has 122 valence electrons. The van der Waals surface area contributed by atoms with E-state index in [1.54, 1.807) is 0 Å². The number of benzene rings is 1. The van der Waals surface area contributed by atoms with Gasteiger partial charge >= 0.3 is 0 Å². The van der Waals surface area contributed by atoms with Crippen molar-refractivity contribution in [3.05, 3.63) is 34.9 Å². The number of ketones is 1. The molecule has 0 fully saturated rings. The zero-order valence-corrected chi connectivity index (χ0v) is 14.3. The Balaban J connectivity index is 1.96. The molecule has 0 aromatic heterocycles. The zero-order valence-electron chi connectivity index (χ0n) is 14.3. The van der Waals surface area contributed by atoms with Crippen LogP contribution in [0.25, 0.3) is 0 Å². The Bertz CT molecular complexity index is 475. The van der Waals surface area contributed by atoms with Gasteiger partial charge in [-0.05, 0) is 55.5 Å². The Labute approximate surface area is 135 Å². The average molecular weight is 301 g/mol. The fraction of sp³-hybridized carbons (Fsp3) is 0.650. The summed E-state index contributed by atoms with van der Waals surface area (Å²) in [6.07, 6.45) is 8.87. The number of hydrogen-bond acceptors (Lipinski definition) is 2. The van der Waals surface area contributed by atoms with Gasteiger partial charge in [0.05, 0.1) is 0 Å². The van der Waals surface area contributed by atoms with Crippen molar-refractivity contribution in [1.82, 2.24) is 5.32 Å². The molecule has 0 bridgehead atoms. The van der Waals surface area contributed by atoms with Gasteiger partial charge in [-0.1, -0.05) is 51.7 Å². The zero-order chi connectivity index (χ0) is 15.8. The van der Waals surface area contributed by atoms with Crippen molar-refractivity contribution >= 4 is 5.78 Å². The maximum Gasteiger partial charge on any atom is 0.162 e. The quantitative estimate of drug-likeness (QED) is 0.713. The Hall–Kier alpha value is -1.15. The second-order valence-corrected chi connectivity index (χ2v) is 6.64. The molecule has 2 nitrogen and oxygen atoms in total. The maximum absolute atomic E-state index is 12.5. The summed E-state index contributed by atoms with van der Waals surface area (Å²) in [6, 6.07) is 6.37. The number of carbonyl (C=O) groups is 1. The Morgan fingerprint density at radius 3 is 2.41 bits per heavy atom. The van der Waals surface area contributed by atoms with E-state index in [-0.39, 0.29) is 0 Å². The summed E-state index contributed by atoms with van der Waals surface area (Å²) < 4.78 is 0. The van der Waals surface area contributed by atoms with Crippen LogP contribution in [-0.2, 0) is 12.8 Å². The average Bonchev–Trinajstić information content (AvgIpc) is 2.77. The van der Waals surface area contributed by atoms with Gasteiger partial charge in [0.1, 0.15) is 0 Å². The van der Waals surface area contributed by atoms with Crippen LogP contribution in [-0.4, -0.2) is 18.9 Å². The number of Topliss-reactive ketones (excluding diaryl/α,β-unsaturated/α-hetero) is 1. The molecule has 0 amide bonds. The SMILES string of the molecule is CCCC(CCC)CCC(=O)c1ccc2c(c1)CCNCC2. The molecule has 0 aliphatic carbocycles. The highest BCUT2D eigenvalue weighted by molar-refractivity contribution is 5.96. The fourth-order valence-corrected chi connectivity index (χ4v) is 3.58. The Morgan fingerprint density at radius 1 is 1.05 bits per heavy atom. The number of carbonyl (C=O) groups excluding carboxylic acids is 1. The van der Waals surface area contributed by atoms with E-state index in [4.69, 9.17) is 0 Å². The second-order valence-electron chi connectivity index (χ2n) is 6.64. The molecular weight excluding hydrogens is 270 g/mol. The van der Waals surface area contributed by atoms with Gasteiger partial charge < -0.3 is 5.32 Å². The molecule has 2 heteroatoms. The summed E-state index contributed by atoms with van der Waals surface area (Å²) in [5, 5.41) is 3.43. The van der Waals surface area contributed by atoms with Crippen molar-refractivity contribution in [2.24, 2.45) is 5.92 Å². The van der Waals surface area contributed by atoms with Crippen molar-refractivity contribution in [3.63, 3.8) is 0 Å². The van der Waals surface area contributed by atoms with Gasteiger partial charge in [-0.15, -0.1) is 0 Å². The van der Waals surface area contributed by atoms with E-state index in [9.17, 15) is 4.79 Å². The van der Waals surface area contributed by atoms with E-state index >= 15 is 0 Å². The second kappa shape index (κ2) is 9.09. The molecule has 1 aliphatic heterocycles. The molecule has 0 unspecified atom stereocenters. The summed E-state index contributed by atoms with van der Waals surface area (Å²) >= 11 is 0. The van der Waals surface area contributed by atoms with E-state index in [0.717, 1.165) is 43.8 Å². The lowest BCUT2D eigenvalue weighted by Gasteiger charge is -2.15. The van der Waals surface area contributed by atoms with Crippen LogP contribution in [0.5, 0.6) is 0 Å². The third kappa shape index (κ3) is 4.95. The number of nitrogens with one attached hydrogen (secondary N) is 1. The summed E-state index contributed by atoms with van der Waals surface area (Å²) in [7, 11) is 0. The highest BCUT2D eigenvalue weighted by atomic mass is 16.1. The van der Waals surface area contributed by atoms with E-state index < -0.39 is 0 Å². The summed E-state index contributed by atoms with van der Waals surface area (Å²) in [6.45, 7) is 6.56. The predicted octanol–water partition coefficient (Wildman–Crippen LogP) is 4.55. The van der Waals surface area contributed by atoms with Gasteiger partial charge in [0.2, 0.25) is 0 Å². The lowest BCUT2D eigenvalue weighted by Crippen LogP contribution is -2.16. The Kier molecular flexibility index (Phi) is 7.11. The maximum atomic E-state index is 12.5. The normalized spacial score (nSPS) is 14.7. The highest BCUT2D eigenvalue weighted by Crippen LogP contribution is 2.22. The molecule has 0 saturated carbocycles. The largest absolute Gasteiger partial charge is 0.316 e. The van der Waals surface area contributed by atoms with Crippen LogP contribution in [0.1, 0.15) is 73.9 Å². The van der Waals surface area contributed by atoms with Crippen LogP contribution in [0.2, 0.25) is 0 Å². The lowest BCUT2D eigenvalue weighted by molar-refractivity contribution is 0.0972. The van der Waals surface area contributed by atoms with Crippen LogP contribution >= 0.6 is 0 Å². The van der Waals surface area contributed by atoms with Gasteiger partial charge in [0.25, 0.3) is 0 Å². The van der Waals surface area contributed by atoms with E-state index in [1.165, 1.54) is 36.8 Å². The molecular formula is C20H31NO. The van der Waals surface area contributed by atoms with Gasteiger partial charge in [-0.2, -0.15) is 0 Å². The van der Waals surface area contributed by atoms with E-state index in [0.29, 0.717) is 12.2 Å². The molecule has 1 aliphatic rings. The van der Waals surface area contributed by atoms with E-state index in [2.05, 4.69) is 31.3 Å². The van der Waals surface area contributed by atoms with Crippen LogP contribution in [0.4, 0.5) is 0 Å². The van der Waals surface area contributed by atoms with Crippen molar-refractivity contribution in [3.8, 4) is 0 Å². The smallest absolute Gasteiger partial charge is 0.162 e. The number of fused-ring (bicyclic) bond motifs is 1. The first-order valence-electron chi connectivity index (χ1n) is 9.10. The number of hydrogen-bond donors (Lipinski definition) is 1. The first-order valence-corrected chi connectivity index (χ1v) is 9.10. The monoisotopic (exact) mass is 301 g/mol. The lowest BCUT2D eigenvalue weighted by atomic mass is 9.90. The third-order valence-electron chi connectivity index (χ3n) is 4.84. The van der Waals surface area contributed by atoms with E-state index in [1.807, 2.05) is 6.07 Å². The van der Waals surface area contributed by atoms with Gasteiger partial charge in [-0.3, -0.25) is 4.79 Å². The van der Waals surface area contributed by atoms with Gasteiger partial charge in [-0.25, -0.2) is 0 Å². The minimum atomic E-state index is 0.331. The molecule has 1 heterocycles. The Morgan fingerprint density at radius 2 is 1.73 bits per heavy atom. The topological polar surface area (TPSA) is 29.1 Å². The van der Waals surface area contributed by atoms with Crippen molar-refractivity contribution in [2.45, 2.75) is 65.2 Å². The summed E-state index contributed by atoms with van der Waals surface area (Å²) in [4.78, 5) is 12.5. The van der Waals surface area contributed by atoms with Gasteiger partial charge in [0.15, 0.2) is 5.78 Å². The van der Waals surface area contributed by atoms with Crippen molar-refractivity contribution in [2.75, 3.05) is 13.1 Å². The van der Waals surface area contributed by atoms with Crippen LogP contribution in [0.3, 0.4) is 0 Å². The molecule has 0 atom stereocenters. The van der Waals surface area contributed by atoms with Crippen molar-refractivity contribution < 1.29 is 4.79 Å². The molecule has 1 aromatic carbocycles.